The number of amides is 1. The minimum Gasteiger partial charge on any atom is -0.365 e. The van der Waals surface area contributed by atoms with E-state index in [0.717, 1.165) is 25.9 Å². The number of hydrogen-bond acceptors (Lipinski definition) is 4. The fraction of sp³-hybridized carbons (Fsp3) is 0.583. The van der Waals surface area contributed by atoms with Gasteiger partial charge in [0.2, 0.25) is 5.91 Å². The Balaban J connectivity index is 1.83. The van der Waals surface area contributed by atoms with Crippen LogP contribution in [0.4, 0.5) is 5.82 Å². The summed E-state index contributed by atoms with van der Waals surface area (Å²) in [5.74, 6) is 0.446. The lowest BCUT2D eigenvalue weighted by Gasteiger charge is -2.15. The molecular weight excluding hydrogens is 232 g/mol. The van der Waals surface area contributed by atoms with Crippen LogP contribution >= 0.6 is 0 Å². The first kappa shape index (κ1) is 12.6. The standard InChI is InChI=1S/C12H18N4O2/c1-15-9-6-14-11(12(15)18)13-5-4-10(17)16-7-2-3-8-16/h6,9H,2-5,7-8H2,1H3,(H,13,14). The van der Waals surface area contributed by atoms with Crippen LogP contribution in [0.2, 0.25) is 0 Å². The lowest BCUT2D eigenvalue weighted by molar-refractivity contribution is -0.129. The van der Waals surface area contributed by atoms with E-state index in [2.05, 4.69) is 10.3 Å². The van der Waals surface area contributed by atoms with Crippen LogP contribution in [0.1, 0.15) is 19.3 Å². The molecular formula is C12H18N4O2. The zero-order chi connectivity index (χ0) is 13.0. The average molecular weight is 250 g/mol. The Hall–Kier alpha value is -1.85. The predicted octanol–water partition coefficient (Wildman–Crippen LogP) is 0.205. The number of rotatable bonds is 4. The molecule has 6 heteroatoms. The molecule has 0 unspecified atom stereocenters. The van der Waals surface area contributed by atoms with Gasteiger partial charge in [-0.1, -0.05) is 0 Å². The minimum atomic E-state index is -0.175. The molecule has 1 saturated heterocycles. The molecule has 1 aliphatic rings. The third kappa shape index (κ3) is 2.88. The van der Waals surface area contributed by atoms with Crippen molar-refractivity contribution in [2.75, 3.05) is 25.0 Å². The van der Waals surface area contributed by atoms with Crippen molar-refractivity contribution >= 4 is 11.7 Å². The van der Waals surface area contributed by atoms with Crippen LogP contribution in [0.3, 0.4) is 0 Å². The molecule has 1 fully saturated rings. The lowest BCUT2D eigenvalue weighted by atomic mass is 10.3. The van der Waals surface area contributed by atoms with E-state index in [1.54, 1.807) is 19.4 Å². The average Bonchev–Trinajstić information content (AvgIpc) is 2.88. The maximum absolute atomic E-state index is 11.8. The lowest BCUT2D eigenvalue weighted by Crippen LogP contribution is -2.30. The second kappa shape index (κ2) is 5.66. The molecule has 2 rings (SSSR count). The van der Waals surface area contributed by atoms with Gasteiger partial charge in [-0.25, -0.2) is 4.98 Å². The third-order valence-corrected chi connectivity index (χ3v) is 3.11. The molecule has 6 nitrogen and oxygen atoms in total. The number of likely N-dealkylation sites (tertiary alicyclic amines) is 1. The van der Waals surface area contributed by atoms with Gasteiger partial charge in [0.05, 0.1) is 0 Å². The normalized spacial score (nSPS) is 14.8. The summed E-state index contributed by atoms with van der Waals surface area (Å²) in [4.78, 5) is 29.3. The second-order valence-electron chi connectivity index (χ2n) is 4.46. The number of hydrogen-bond donors (Lipinski definition) is 1. The molecule has 0 radical (unpaired) electrons. The Bertz CT molecular complexity index is 477. The van der Waals surface area contributed by atoms with Crippen LogP contribution in [0, 0.1) is 0 Å². The highest BCUT2D eigenvalue weighted by Gasteiger charge is 2.17. The number of nitrogens with one attached hydrogen (secondary N) is 1. The van der Waals surface area contributed by atoms with Gasteiger partial charge in [-0.3, -0.25) is 9.59 Å². The molecule has 1 aliphatic heterocycles. The molecule has 0 aromatic carbocycles. The van der Waals surface area contributed by atoms with E-state index in [9.17, 15) is 9.59 Å². The predicted molar refractivity (Wildman–Crippen MR) is 68.4 cm³/mol. The molecule has 2 heterocycles. The van der Waals surface area contributed by atoms with Gasteiger partial charge in [-0.15, -0.1) is 0 Å². The van der Waals surface area contributed by atoms with Gasteiger partial charge in [0.15, 0.2) is 5.82 Å². The van der Waals surface area contributed by atoms with Gasteiger partial charge < -0.3 is 14.8 Å². The monoisotopic (exact) mass is 250 g/mol. The largest absolute Gasteiger partial charge is 0.365 e. The van der Waals surface area contributed by atoms with Crippen molar-refractivity contribution in [3.05, 3.63) is 22.7 Å². The number of aromatic nitrogens is 2. The number of nitrogens with zero attached hydrogens (tertiary/aromatic N) is 3. The summed E-state index contributed by atoms with van der Waals surface area (Å²) in [5.41, 5.74) is -0.175. The van der Waals surface area contributed by atoms with E-state index in [1.807, 2.05) is 4.90 Å². The van der Waals surface area contributed by atoms with Crippen LogP contribution in [0.25, 0.3) is 0 Å². The van der Waals surface area contributed by atoms with Gasteiger partial charge in [0, 0.05) is 45.5 Å². The highest BCUT2D eigenvalue weighted by atomic mass is 16.2. The van der Waals surface area contributed by atoms with Gasteiger partial charge >= 0.3 is 0 Å². The van der Waals surface area contributed by atoms with Crippen molar-refractivity contribution in [1.82, 2.24) is 14.5 Å². The van der Waals surface area contributed by atoms with Crippen LogP contribution in [0.5, 0.6) is 0 Å². The third-order valence-electron chi connectivity index (χ3n) is 3.11. The van der Waals surface area contributed by atoms with Crippen molar-refractivity contribution in [2.45, 2.75) is 19.3 Å². The second-order valence-corrected chi connectivity index (χ2v) is 4.46. The Morgan fingerprint density at radius 2 is 2.17 bits per heavy atom. The van der Waals surface area contributed by atoms with E-state index >= 15 is 0 Å². The van der Waals surface area contributed by atoms with Crippen LogP contribution in [0.15, 0.2) is 17.2 Å². The maximum atomic E-state index is 11.8. The molecule has 98 valence electrons. The number of carbonyl (C=O) groups excluding carboxylic acids is 1. The Labute approximate surface area is 106 Å². The number of anilines is 1. The van der Waals surface area contributed by atoms with E-state index in [1.165, 1.54) is 4.57 Å². The topological polar surface area (TPSA) is 67.2 Å². The van der Waals surface area contributed by atoms with Crippen LogP contribution in [-0.4, -0.2) is 40.0 Å². The molecule has 0 saturated carbocycles. The summed E-state index contributed by atoms with van der Waals surface area (Å²) in [6, 6.07) is 0. The summed E-state index contributed by atoms with van der Waals surface area (Å²) < 4.78 is 1.46. The fourth-order valence-corrected chi connectivity index (χ4v) is 2.03. The van der Waals surface area contributed by atoms with Gasteiger partial charge in [0.1, 0.15) is 0 Å². The molecule has 0 aliphatic carbocycles. The smallest absolute Gasteiger partial charge is 0.293 e. The van der Waals surface area contributed by atoms with E-state index in [4.69, 9.17) is 0 Å². The molecule has 1 aromatic rings. The molecule has 1 aromatic heterocycles. The summed E-state index contributed by atoms with van der Waals surface area (Å²) in [6.07, 6.45) is 5.76. The summed E-state index contributed by atoms with van der Waals surface area (Å²) in [7, 11) is 1.67. The van der Waals surface area contributed by atoms with Gasteiger partial charge in [0.25, 0.3) is 5.56 Å². The quantitative estimate of drug-likeness (QED) is 0.829. The summed E-state index contributed by atoms with van der Waals surface area (Å²) in [6.45, 7) is 2.18. The van der Waals surface area contributed by atoms with Crippen molar-refractivity contribution < 1.29 is 4.79 Å². The summed E-state index contributed by atoms with van der Waals surface area (Å²) >= 11 is 0. The molecule has 0 spiro atoms. The first-order valence-electron chi connectivity index (χ1n) is 6.22. The van der Waals surface area contributed by atoms with E-state index in [0.29, 0.717) is 18.8 Å². The molecule has 1 N–H and O–H groups in total. The Morgan fingerprint density at radius 3 is 2.89 bits per heavy atom. The maximum Gasteiger partial charge on any atom is 0.293 e. The zero-order valence-electron chi connectivity index (χ0n) is 10.6. The number of aryl methyl sites for hydroxylation is 1. The fourth-order valence-electron chi connectivity index (χ4n) is 2.03. The first-order valence-corrected chi connectivity index (χ1v) is 6.22. The Kier molecular flexibility index (Phi) is 3.96. The van der Waals surface area contributed by atoms with Crippen molar-refractivity contribution in [1.29, 1.82) is 0 Å². The summed E-state index contributed by atoms with van der Waals surface area (Å²) in [5, 5.41) is 2.92. The highest BCUT2D eigenvalue weighted by molar-refractivity contribution is 5.76. The highest BCUT2D eigenvalue weighted by Crippen LogP contribution is 2.08. The van der Waals surface area contributed by atoms with E-state index in [-0.39, 0.29) is 11.5 Å². The van der Waals surface area contributed by atoms with E-state index < -0.39 is 0 Å². The molecule has 1 amide bonds. The zero-order valence-corrected chi connectivity index (χ0v) is 10.6. The SMILES string of the molecule is Cn1ccnc(NCCC(=O)N2CCCC2)c1=O. The van der Waals surface area contributed by atoms with Crippen molar-refractivity contribution in [3.8, 4) is 0 Å². The van der Waals surface area contributed by atoms with Crippen LogP contribution < -0.4 is 10.9 Å². The minimum absolute atomic E-state index is 0.146. The number of carbonyl (C=O) groups is 1. The first-order chi connectivity index (χ1) is 8.68. The van der Waals surface area contributed by atoms with Crippen LogP contribution in [-0.2, 0) is 11.8 Å². The molecule has 18 heavy (non-hydrogen) atoms. The van der Waals surface area contributed by atoms with Crippen molar-refractivity contribution in [3.63, 3.8) is 0 Å². The molecule has 0 bridgehead atoms. The van der Waals surface area contributed by atoms with Gasteiger partial charge in [-0.2, -0.15) is 0 Å². The van der Waals surface area contributed by atoms with Crippen molar-refractivity contribution in [2.24, 2.45) is 7.05 Å². The van der Waals surface area contributed by atoms with Gasteiger partial charge in [-0.05, 0) is 12.8 Å². The Morgan fingerprint density at radius 1 is 1.44 bits per heavy atom. The molecule has 0 atom stereocenters.